The summed E-state index contributed by atoms with van der Waals surface area (Å²) in [5, 5.41) is 3.27. The Balaban J connectivity index is 1.93. The summed E-state index contributed by atoms with van der Waals surface area (Å²) in [6, 6.07) is 24.0. The van der Waals surface area contributed by atoms with Gasteiger partial charge in [-0.2, -0.15) is 0 Å². The second-order valence-electron chi connectivity index (χ2n) is 8.07. The second kappa shape index (κ2) is 9.69. The van der Waals surface area contributed by atoms with Crippen molar-refractivity contribution in [3.05, 3.63) is 130 Å². The first-order valence-electron chi connectivity index (χ1n) is 10.7. The molecular formula is C27H22ClF2N3O. The van der Waals surface area contributed by atoms with Crippen LogP contribution in [0.3, 0.4) is 0 Å². The zero-order valence-electron chi connectivity index (χ0n) is 18.4. The quantitative estimate of drug-likeness (QED) is 0.324. The average Bonchev–Trinajstić information content (AvgIpc) is 2.84. The Labute approximate surface area is 201 Å². The fourth-order valence-corrected chi connectivity index (χ4v) is 4.08. The first-order chi connectivity index (χ1) is 16.3. The van der Waals surface area contributed by atoms with Crippen LogP contribution in [0.25, 0.3) is 0 Å². The monoisotopic (exact) mass is 477 g/mol. The normalized spacial score (nSPS) is 13.2. The number of halogens is 3. The largest absolute Gasteiger partial charge is 0.337 e. The summed E-state index contributed by atoms with van der Waals surface area (Å²) < 4.78 is 28.6. The molecule has 1 N–H and O–H groups in total. The highest BCUT2D eigenvalue weighted by Gasteiger charge is 2.39. The fourth-order valence-electron chi connectivity index (χ4n) is 3.91. The topological polar surface area (TPSA) is 54.9 Å². The molecule has 0 aliphatic heterocycles. The summed E-state index contributed by atoms with van der Waals surface area (Å²) in [6.07, 6.45) is 3.34. The summed E-state index contributed by atoms with van der Waals surface area (Å²) >= 11 is 6.01. The van der Waals surface area contributed by atoms with E-state index >= 15 is 0 Å². The van der Waals surface area contributed by atoms with Gasteiger partial charge in [0.05, 0.1) is 5.69 Å². The van der Waals surface area contributed by atoms with Gasteiger partial charge >= 0.3 is 0 Å². The number of nitrogens with zero attached hydrogens (tertiary/aromatic N) is 2. The third-order valence-corrected chi connectivity index (χ3v) is 5.80. The zero-order chi connectivity index (χ0) is 24.2. The molecule has 0 radical (unpaired) electrons. The van der Waals surface area contributed by atoms with Gasteiger partial charge in [-0.15, -0.1) is 0 Å². The lowest BCUT2D eigenvalue weighted by Gasteiger charge is -2.36. The standard InChI is InChI=1S/C27H22ClF2N3O/c1-26(29,30)21-10-7-11-22(17-21)27(23-12-5-6-14-31-23,18-19-8-3-2-4-9-19)33-25(34)20-13-15-32-24(28)16-20/h2-17H,18H2,1H3,(H,33,34). The van der Waals surface area contributed by atoms with Crippen LogP contribution in [0.1, 0.15) is 39.7 Å². The van der Waals surface area contributed by atoms with Gasteiger partial charge in [0.2, 0.25) is 0 Å². The molecule has 4 rings (SSSR count). The smallest absolute Gasteiger partial charge is 0.270 e. The molecule has 172 valence electrons. The van der Waals surface area contributed by atoms with Gasteiger partial charge in [-0.1, -0.05) is 66.2 Å². The zero-order valence-corrected chi connectivity index (χ0v) is 19.1. The summed E-state index contributed by atoms with van der Waals surface area (Å²) in [5.74, 6) is -3.49. The number of aromatic nitrogens is 2. The lowest BCUT2D eigenvalue weighted by atomic mass is 9.79. The van der Waals surface area contributed by atoms with E-state index in [9.17, 15) is 13.6 Å². The van der Waals surface area contributed by atoms with Gasteiger partial charge in [-0.3, -0.25) is 9.78 Å². The number of pyridine rings is 2. The van der Waals surface area contributed by atoms with E-state index in [-0.39, 0.29) is 17.1 Å². The van der Waals surface area contributed by atoms with Crippen molar-refractivity contribution < 1.29 is 13.6 Å². The summed E-state index contributed by atoms with van der Waals surface area (Å²) in [6.45, 7) is 0.851. The number of rotatable bonds is 7. The number of alkyl halides is 2. The third kappa shape index (κ3) is 5.13. The van der Waals surface area contributed by atoms with Crippen LogP contribution in [-0.2, 0) is 17.9 Å². The molecule has 0 saturated carbocycles. The van der Waals surface area contributed by atoms with E-state index in [1.54, 1.807) is 42.6 Å². The van der Waals surface area contributed by atoms with Crippen LogP contribution in [0.2, 0.25) is 5.15 Å². The van der Waals surface area contributed by atoms with Crippen molar-refractivity contribution in [2.75, 3.05) is 0 Å². The lowest BCUT2D eigenvalue weighted by Crippen LogP contribution is -2.49. The van der Waals surface area contributed by atoms with Crippen LogP contribution in [0.15, 0.2) is 97.3 Å². The van der Waals surface area contributed by atoms with Crippen molar-refractivity contribution >= 4 is 17.5 Å². The first kappa shape index (κ1) is 23.5. The molecule has 0 fully saturated rings. The highest BCUT2D eigenvalue weighted by Crippen LogP contribution is 2.36. The number of carbonyl (C=O) groups is 1. The van der Waals surface area contributed by atoms with E-state index in [2.05, 4.69) is 15.3 Å². The maximum Gasteiger partial charge on any atom is 0.270 e. The fraction of sp³-hybridized carbons (Fsp3) is 0.148. The van der Waals surface area contributed by atoms with Gasteiger partial charge in [-0.25, -0.2) is 13.8 Å². The molecule has 4 aromatic rings. The molecule has 0 aliphatic carbocycles. The summed E-state index contributed by atoms with van der Waals surface area (Å²) in [7, 11) is 0. The Hall–Kier alpha value is -3.64. The van der Waals surface area contributed by atoms with Crippen molar-refractivity contribution in [2.45, 2.75) is 24.8 Å². The SMILES string of the molecule is CC(F)(F)c1cccc(C(Cc2ccccc2)(NC(=O)c2ccnc(Cl)c2)c2ccccn2)c1. The molecule has 1 atom stereocenters. The van der Waals surface area contributed by atoms with Crippen molar-refractivity contribution in [3.63, 3.8) is 0 Å². The van der Waals surface area contributed by atoms with Crippen molar-refractivity contribution in [1.29, 1.82) is 0 Å². The van der Waals surface area contributed by atoms with Crippen molar-refractivity contribution in [2.24, 2.45) is 0 Å². The molecule has 0 saturated heterocycles. The minimum Gasteiger partial charge on any atom is -0.337 e. The summed E-state index contributed by atoms with van der Waals surface area (Å²) in [4.78, 5) is 21.9. The lowest BCUT2D eigenvalue weighted by molar-refractivity contribution is 0.0173. The molecule has 1 amide bonds. The number of amides is 1. The predicted octanol–water partition coefficient (Wildman–Crippen LogP) is 6.16. The van der Waals surface area contributed by atoms with E-state index in [0.29, 0.717) is 16.8 Å². The van der Waals surface area contributed by atoms with Gasteiger partial charge in [-0.05, 0) is 41.5 Å². The van der Waals surface area contributed by atoms with Crippen molar-refractivity contribution in [1.82, 2.24) is 15.3 Å². The van der Waals surface area contributed by atoms with Gasteiger partial charge in [0.25, 0.3) is 11.8 Å². The van der Waals surface area contributed by atoms with Gasteiger partial charge in [0, 0.05) is 36.9 Å². The average molecular weight is 478 g/mol. The molecule has 1 unspecified atom stereocenters. The van der Waals surface area contributed by atoms with Gasteiger partial charge < -0.3 is 5.32 Å². The molecule has 2 heterocycles. The molecule has 0 bridgehead atoms. The molecule has 7 heteroatoms. The van der Waals surface area contributed by atoms with Crippen LogP contribution < -0.4 is 5.32 Å². The van der Waals surface area contributed by atoms with E-state index in [1.807, 2.05) is 30.3 Å². The Bertz CT molecular complexity index is 1280. The number of carbonyl (C=O) groups excluding carboxylic acids is 1. The summed E-state index contributed by atoms with van der Waals surface area (Å²) in [5.41, 5.74) is 0.808. The van der Waals surface area contributed by atoms with Crippen LogP contribution in [0, 0.1) is 0 Å². The van der Waals surface area contributed by atoms with Crippen LogP contribution in [0.5, 0.6) is 0 Å². The number of nitrogens with one attached hydrogen (secondary N) is 1. The third-order valence-electron chi connectivity index (χ3n) is 5.59. The molecule has 4 nitrogen and oxygen atoms in total. The number of hydrogen-bond acceptors (Lipinski definition) is 3. The highest BCUT2D eigenvalue weighted by molar-refractivity contribution is 6.29. The Kier molecular flexibility index (Phi) is 6.70. The highest BCUT2D eigenvalue weighted by atomic mass is 35.5. The van der Waals surface area contributed by atoms with Gasteiger partial charge in [0.15, 0.2) is 0 Å². The minimum atomic E-state index is -3.05. The molecule has 0 aliphatic rings. The van der Waals surface area contributed by atoms with E-state index in [1.165, 1.54) is 24.4 Å². The molecule has 2 aromatic heterocycles. The maximum atomic E-state index is 14.3. The predicted molar refractivity (Wildman–Crippen MR) is 128 cm³/mol. The molecule has 2 aromatic carbocycles. The molecule has 34 heavy (non-hydrogen) atoms. The Morgan fingerprint density at radius 2 is 1.62 bits per heavy atom. The van der Waals surface area contributed by atoms with E-state index in [4.69, 9.17) is 11.6 Å². The van der Waals surface area contributed by atoms with Gasteiger partial charge in [0.1, 0.15) is 10.7 Å². The molecule has 0 spiro atoms. The van der Waals surface area contributed by atoms with E-state index < -0.39 is 17.4 Å². The van der Waals surface area contributed by atoms with Crippen LogP contribution >= 0.6 is 11.6 Å². The number of hydrogen-bond donors (Lipinski definition) is 1. The maximum absolute atomic E-state index is 14.3. The number of benzene rings is 2. The van der Waals surface area contributed by atoms with Crippen LogP contribution in [-0.4, -0.2) is 15.9 Å². The minimum absolute atomic E-state index is 0.153. The van der Waals surface area contributed by atoms with Crippen molar-refractivity contribution in [3.8, 4) is 0 Å². The Morgan fingerprint density at radius 1 is 0.882 bits per heavy atom. The second-order valence-corrected chi connectivity index (χ2v) is 8.46. The molecular weight excluding hydrogens is 456 g/mol. The van der Waals surface area contributed by atoms with E-state index in [0.717, 1.165) is 12.5 Å². The first-order valence-corrected chi connectivity index (χ1v) is 11.0. The Morgan fingerprint density at radius 3 is 2.29 bits per heavy atom. The van der Waals surface area contributed by atoms with Crippen LogP contribution in [0.4, 0.5) is 8.78 Å².